The van der Waals surface area contributed by atoms with Crippen LogP contribution in [0.5, 0.6) is 5.75 Å². The van der Waals surface area contributed by atoms with E-state index in [1.54, 1.807) is 13.3 Å². The van der Waals surface area contributed by atoms with E-state index in [0.29, 0.717) is 0 Å². The van der Waals surface area contributed by atoms with Gasteiger partial charge in [0, 0.05) is 42.5 Å². The molecular formula is C18H18N3O2. The van der Waals surface area contributed by atoms with E-state index in [0.717, 1.165) is 59.9 Å². The molecule has 4 rings (SSSR count). The van der Waals surface area contributed by atoms with Crippen LogP contribution in [0.25, 0.3) is 22.2 Å². The fourth-order valence-electron chi connectivity index (χ4n) is 2.95. The topological polar surface area (TPSA) is 50.4 Å². The zero-order chi connectivity index (χ0) is 15.6. The summed E-state index contributed by atoms with van der Waals surface area (Å²) in [6, 6.07) is 11.5. The summed E-state index contributed by atoms with van der Waals surface area (Å²) in [5.41, 5.74) is 4.11. The zero-order valence-corrected chi connectivity index (χ0v) is 13.0. The lowest BCUT2D eigenvalue weighted by molar-refractivity contribution is 0.122. The van der Waals surface area contributed by atoms with E-state index in [1.807, 2.05) is 6.20 Å². The maximum atomic E-state index is 5.62. The molecule has 5 heteroatoms. The number of ether oxygens (including phenoxy) is 2. The monoisotopic (exact) mass is 308 g/mol. The van der Waals surface area contributed by atoms with Gasteiger partial charge in [-0.2, -0.15) is 0 Å². The summed E-state index contributed by atoms with van der Waals surface area (Å²) >= 11 is 0. The lowest BCUT2D eigenvalue weighted by Gasteiger charge is -2.30. The molecule has 3 aromatic rings. The van der Waals surface area contributed by atoms with E-state index in [9.17, 15) is 0 Å². The molecule has 117 valence electrons. The van der Waals surface area contributed by atoms with Gasteiger partial charge in [-0.15, -0.1) is 0 Å². The SMILES string of the molecule is COc1cc(-c2cnc3[nH]c[c]c3c2)ccc1N1CCOCC1. The molecule has 0 atom stereocenters. The van der Waals surface area contributed by atoms with Crippen LogP contribution < -0.4 is 9.64 Å². The van der Waals surface area contributed by atoms with Gasteiger partial charge in [-0.25, -0.2) is 4.98 Å². The number of nitrogens with zero attached hydrogens (tertiary/aromatic N) is 2. The van der Waals surface area contributed by atoms with Crippen LogP contribution in [-0.2, 0) is 4.74 Å². The van der Waals surface area contributed by atoms with Crippen molar-refractivity contribution < 1.29 is 9.47 Å². The minimum absolute atomic E-state index is 0.759. The fraction of sp³-hybridized carbons (Fsp3) is 0.278. The molecule has 0 saturated carbocycles. The molecule has 1 aliphatic heterocycles. The standard InChI is InChI=1S/C18H18N3O2/c1-22-17-11-13(2-3-16(17)21-6-8-23-9-7-21)15-10-14-4-5-19-18(14)20-12-15/h2-3,5,10-12H,6-9H2,1H3,(H,19,20). The van der Waals surface area contributed by atoms with Gasteiger partial charge in [-0.05, 0) is 23.8 Å². The highest BCUT2D eigenvalue weighted by molar-refractivity contribution is 5.82. The van der Waals surface area contributed by atoms with Crippen molar-refractivity contribution in [2.24, 2.45) is 0 Å². The van der Waals surface area contributed by atoms with E-state index in [1.165, 1.54) is 0 Å². The molecule has 2 aromatic heterocycles. The number of methoxy groups -OCH3 is 1. The Labute approximate surface area is 134 Å². The number of pyridine rings is 1. The van der Waals surface area contributed by atoms with Crippen LogP contribution in [0.1, 0.15) is 0 Å². The van der Waals surface area contributed by atoms with Gasteiger partial charge in [0.2, 0.25) is 0 Å². The normalized spacial score (nSPS) is 15.1. The Bertz CT molecular complexity index is 822. The maximum absolute atomic E-state index is 5.62. The third kappa shape index (κ3) is 2.64. The summed E-state index contributed by atoms with van der Waals surface area (Å²) in [7, 11) is 1.71. The van der Waals surface area contributed by atoms with Gasteiger partial charge in [0.25, 0.3) is 0 Å². The van der Waals surface area contributed by atoms with Crippen molar-refractivity contribution in [2.45, 2.75) is 0 Å². The van der Waals surface area contributed by atoms with Crippen LogP contribution in [0.2, 0.25) is 0 Å². The highest BCUT2D eigenvalue weighted by Gasteiger charge is 2.16. The Balaban J connectivity index is 1.71. The molecule has 1 saturated heterocycles. The highest BCUT2D eigenvalue weighted by atomic mass is 16.5. The fourth-order valence-corrected chi connectivity index (χ4v) is 2.95. The minimum atomic E-state index is 0.759. The Kier molecular flexibility index (Phi) is 3.63. The number of H-pyrrole nitrogens is 1. The van der Waals surface area contributed by atoms with E-state index in [4.69, 9.17) is 9.47 Å². The first-order valence-electron chi connectivity index (χ1n) is 7.71. The van der Waals surface area contributed by atoms with Gasteiger partial charge in [0.1, 0.15) is 11.4 Å². The molecule has 0 aliphatic carbocycles. The molecule has 5 nitrogen and oxygen atoms in total. The van der Waals surface area contributed by atoms with Gasteiger partial charge in [0.15, 0.2) is 0 Å². The molecule has 1 radical (unpaired) electrons. The maximum Gasteiger partial charge on any atom is 0.142 e. The summed E-state index contributed by atoms with van der Waals surface area (Å²) in [5, 5.41) is 0.985. The molecule has 3 heterocycles. The molecule has 23 heavy (non-hydrogen) atoms. The first-order chi connectivity index (χ1) is 11.3. The van der Waals surface area contributed by atoms with Crippen molar-refractivity contribution in [3.05, 3.63) is 42.7 Å². The molecule has 0 unspecified atom stereocenters. The largest absolute Gasteiger partial charge is 0.495 e. The van der Waals surface area contributed by atoms with Crippen molar-refractivity contribution in [2.75, 3.05) is 38.3 Å². The summed E-state index contributed by atoms with van der Waals surface area (Å²) < 4.78 is 11.0. The Morgan fingerprint density at radius 2 is 2.09 bits per heavy atom. The summed E-state index contributed by atoms with van der Waals surface area (Å²) in [5.74, 6) is 0.877. The van der Waals surface area contributed by atoms with Crippen LogP contribution in [0, 0.1) is 6.07 Å². The van der Waals surface area contributed by atoms with Gasteiger partial charge in [-0.3, -0.25) is 0 Å². The summed E-state index contributed by atoms with van der Waals surface area (Å²) in [4.78, 5) is 9.79. The second-order valence-electron chi connectivity index (χ2n) is 5.54. The van der Waals surface area contributed by atoms with Gasteiger partial charge < -0.3 is 19.4 Å². The van der Waals surface area contributed by atoms with Crippen molar-refractivity contribution in [3.63, 3.8) is 0 Å². The van der Waals surface area contributed by atoms with Crippen LogP contribution >= 0.6 is 0 Å². The molecular weight excluding hydrogens is 290 g/mol. The molecule has 1 N–H and O–H groups in total. The van der Waals surface area contributed by atoms with Crippen molar-refractivity contribution in [1.82, 2.24) is 9.97 Å². The first kappa shape index (κ1) is 14.1. The van der Waals surface area contributed by atoms with Gasteiger partial charge in [-0.1, -0.05) is 6.07 Å². The molecule has 0 bridgehead atoms. The third-order valence-corrected chi connectivity index (χ3v) is 4.19. The molecule has 1 aliphatic rings. The second kappa shape index (κ2) is 5.93. The van der Waals surface area contributed by atoms with E-state index >= 15 is 0 Å². The highest BCUT2D eigenvalue weighted by Crippen LogP contribution is 2.34. The quantitative estimate of drug-likeness (QED) is 0.808. The smallest absolute Gasteiger partial charge is 0.142 e. The number of hydrogen-bond donors (Lipinski definition) is 1. The predicted molar refractivity (Wildman–Crippen MR) is 89.9 cm³/mol. The predicted octanol–water partition coefficient (Wildman–Crippen LogP) is 2.88. The Morgan fingerprint density at radius 3 is 2.91 bits per heavy atom. The van der Waals surface area contributed by atoms with Crippen LogP contribution in [-0.4, -0.2) is 43.4 Å². The number of nitrogens with one attached hydrogen (secondary N) is 1. The lowest BCUT2D eigenvalue weighted by atomic mass is 10.1. The summed E-state index contributed by atoms with van der Waals surface area (Å²) in [6.45, 7) is 3.30. The van der Waals surface area contributed by atoms with Crippen molar-refractivity contribution >= 4 is 16.7 Å². The van der Waals surface area contributed by atoms with E-state index < -0.39 is 0 Å². The van der Waals surface area contributed by atoms with Gasteiger partial charge >= 0.3 is 0 Å². The molecule has 0 amide bonds. The molecule has 0 spiro atoms. The average molecular weight is 308 g/mol. The second-order valence-corrected chi connectivity index (χ2v) is 5.54. The van der Waals surface area contributed by atoms with E-state index in [-0.39, 0.29) is 0 Å². The van der Waals surface area contributed by atoms with Crippen LogP contribution in [0.15, 0.2) is 36.7 Å². The number of benzene rings is 1. The van der Waals surface area contributed by atoms with E-state index in [2.05, 4.69) is 45.2 Å². The first-order valence-corrected chi connectivity index (χ1v) is 7.71. The van der Waals surface area contributed by atoms with Crippen LogP contribution in [0.4, 0.5) is 5.69 Å². The number of aromatic nitrogens is 2. The number of aromatic amines is 1. The number of hydrogen-bond acceptors (Lipinski definition) is 4. The van der Waals surface area contributed by atoms with Crippen LogP contribution in [0.3, 0.4) is 0 Å². The molecule has 1 aromatic carbocycles. The number of morpholine rings is 1. The molecule has 1 fully saturated rings. The number of rotatable bonds is 3. The summed E-state index contributed by atoms with van der Waals surface area (Å²) in [6.07, 6.45) is 3.65. The zero-order valence-electron chi connectivity index (χ0n) is 13.0. The van der Waals surface area contributed by atoms with Crippen molar-refractivity contribution in [3.8, 4) is 16.9 Å². The Hall–Kier alpha value is -2.53. The van der Waals surface area contributed by atoms with Gasteiger partial charge in [0.05, 0.1) is 26.0 Å². The average Bonchev–Trinajstić information content (AvgIpc) is 3.09. The van der Waals surface area contributed by atoms with Crippen molar-refractivity contribution in [1.29, 1.82) is 0 Å². The lowest BCUT2D eigenvalue weighted by Crippen LogP contribution is -2.36. The minimum Gasteiger partial charge on any atom is -0.495 e. The third-order valence-electron chi connectivity index (χ3n) is 4.19. The number of anilines is 1. The number of fused-ring (bicyclic) bond motifs is 1. The Morgan fingerprint density at radius 1 is 1.22 bits per heavy atom.